The first-order valence-electron chi connectivity index (χ1n) is 5.56. The minimum Gasteiger partial charge on any atom is -0.444 e. The van der Waals surface area contributed by atoms with E-state index in [1.54, 1.807) is 0 Å². The van der Waals surface area contributed by atoms with Crippen molar-refractivity contribution in [3.63, 3.8) is 0 Å². The molecule has 1 rings (SSSR count). The molecule has 1 N–H and O–H groups in total. The molecule has 1 atom stereocenters. The summed E-state index contributed by atoms with van der Waals surface area (Å²) in [4.78, 5) is 11.2. The van der Waals surface area contributed by atoms with Crippen molar-refractivity contribution >= 4 is 6.09 Å². The number of amides is 1. The number of hydrogen-bond donors (Lipinski definition) is 1. The van der Waals surface area contributed by atoms with E-state index in [4.69, 9.17) is 9.47 Å². The number of unbranched alkanes of at least 4 members (excludes halogenated alkanes) is 1. The molecule has 0 aromatic carbocycles. The van der Waals surface area contributed by atoms with Crippen LogP contribution in [0.5, 0.6) is 0 Å². The Morgan fingerprint density at radius 2 is 2.13 bits per heavy atom. The Hall–Kier alpha value is -0.770. The van der Waals surface area contributed by atoms with Crippen molar-refractivity contribution in [1.82, 2.24) is 5.32 Å². The van der Waals surface area contributed by atoms with Crippen LogP contribution in [0, 0.1) is 0 Å². The molecule has 88 valence electrons. The number of carbonyl (C=O) groups excluding carboxylic acids is 1. The first-order chi connectivity index (χ1) is 6.97. The SMILES string of the molecule is CC(C)(C)OC(=O)NCCCC[C@H]1CO1. The maximum absolute atomic E-state index is 11.2. The van der Waals surface area contributed by atoms with Crippen LogP contribution >= 0.6 is 0 Å². The molecule has 15 heavy (non-hydrogen) atoms. The normalized spacial score (nSPS) is 19.8. The summed E-state index contributed by atoms with van der Waals surface area (Å²) >= 11 is 0. The van der Waals surface area contributed by atoms with Crippen LogP contribution in [0.3, 0.4) is 0 Å². The van der Waals surface area contributed by atoms with Gasteiger partial charge in [-0.05, 0) is 40.0 Å². The number of alkyl carbamates (subject to hydrolysis) is 1. The minimum absolute atomic E-state index is 0.329. The van der Waals surface area contributed by atoms with Gasteiger partial charge in [-0.25, -0.2) is 4.79 Å². The highest BCUT2D eigenvalue weighted by atomic mass is 16.6. The standard InChI is InChI=1S/C11H21NO3/c1-11(2,3)15-10(13)12-7-5-4-6-9-8-14-9/h9H,4-8H2,1-3H3,(H,12,13)/t9-/m0/s1. The van der Waals surface area contributed by atoms with E-state index in [2.05, 4.69) is 5.32 Å². The summed E-state index contributed by atoms with van der Waals surface area (Å²) in [7, 11) is 0. The van der Waals surface area contributed by atoms with Crippen LogP contribution in [-0.4, -0.2) is 30.9 Å². The van der Waals surface area contributed by atoms with E-state index in [-0.39, 0.29) is 6.09 Å². The Morgan fingerprint density at radius 3 is 2.67 bits per heavy atom. The molecule has 1 fully saturated rings. The maximum atomic E-state index is 11.2. The summed E-state index contributed by atoms with van der Waals surface area (Å²) in [6.45, 7) is 7.17. The van der Waals surface area contributed by atoms with Gasteiger partial charge in [0.2, 0.25) is 0 Å². The molecule has 1 heterocycles. The lowest BCUT2D eigenvalue weighted by molar-refractivity contribution is 0.0527. The third-order valence-electron chi connectivity index (χ3n) is 2.02. The summed E-state index contributed by atoms with van der Waals surface area (Å²) in [5.41, 5.74) is -0.411. The highest BCUT2D eigenvalue weighted by Crippen LogP contribution is 2.16. The molecule has 1 saturated heterocycles. The van der Waals surface area contributed by atoms with E-state index in [0.717, 1.165) is 25.9 Å². The lowest BCUT2D eigenvalue weighted by Gasteiger charge is -2.19. The van der Waals surface area contributed by atoms with Crippen LogP contribution in [-0.2, 0) is 9.47 Å². The van der Waals surface area contributed by atoms with Gasteiger partial charge in [-0.3, -0.25) is 0 Å². The third-order valence-corrected chi connectivity index (χ3v) is 2.02. The fourth-order valence-corrected chi connectivity index (χ4v) is 1.24. The van der Waals surface area contributed by atoms with E-state index in [1.165, 1.54) is 0 Å². The van der Waals surface area contributed by atoms with Crippen LogP contribution in [0.25, 0.3) is 0 Å². The van der Waals surface area contributed by atoms with Gasteiger partial charge in [-0.15, -0.1) is 0 Å². The number of ether oxygens (including phenoxy) is 2. The predicted octanol–water partition coefficient (Wildman–Crippen LogP) is 2.08. The Bertz CT molecular complexity index is 206. The van der Waals surface area contributed by atoms with E-state index in [0.29, 0.717) is 12.6 Å². The smallest absolute Gasteiger partial charge is 0.407 e. The third kappa shape index (κ3) is 7.19. The Morgan fingerprint density at radius 1 is 1.47 bits per heavy atom. The summed E-state index contributed by atoms with van der Waals surface area (Å²) in [6.07, 6.45) is 3.35. The highest BCUT2D eigenvalue weighted by molar-refractivity contribution is 5.67. The lowest BCUT2D eigenvalue weighted by atomic mass is 10.2. The topological polar surface area (TPSA) is 50.9 Å². The molecule has 4 nitrogen and oxygen atoms in total. The quantitative estimate of drug-likeness (QED) is 0.564. The molecule has 0 radical (unpaired) electrons. The van der Waals surface area contributed by atoms with Crippen LogP contribution < -0.4 is 5.32 Å². The van der Waals surface area contributed by atoms with Crippen LogP contribution in [0.15, 0.2) is 0 Å². The van der Waals surface area contributed by atoms with Gasteiger partial charge in [0.05, 0.1) is 12.7 Å². The molecule has 0 unspecified atom stereocenters. The summed E-state index contributed by atoms with van der Waals surface area (Å²) < 4.78 is 10.2. The van der Waals surface area contributed by atoms with Gasteiger partial charge >= 0.3 is 6.09 Å². The molecule has 4 heteroatoms. The molecule has 1 aliphatic heterocycles. The zero-order chi connectivity index (χ0) is 11.3. The second kappa shape index (κ2) is 5.35. The van der Waals surface area contributed by atoms with Crippen molar-refractivity contribution in [3.05, 3.63) is 0 Å². The van der Waals surface area contributed by atoms with Crippen molar-refractivity contribution < 1.29 is 14.3 Å². The number of rotatable bonds is 5. The van der Waals surface area contributed by atoms with Gasteiger partial charge in [0.1, 0.15) is 5.60 Å². The molecule has 0 spiro atoms. The van der Waals surface area contributed by atoms with Gasteiger partial charge in [0.25, 0.3) is 0 Å². The molecular weight excluding hydrogens is 194 g/mol. The summed E-state index contributed by atoms with van der Waals surface area (Å²) in [5.74, 6) is 0. The van der Waals surface area contributed by atoms with E-state index in [1.807, 2.05) is 20.8 Å². The number of nitrogens with one attached hydrogen (secondary N) is 1. The minimum atomic E-state index is -0.411. The largest absolute Gasteiger partial charge is 0.444 e. The summed E-state index contributed by atoms with van der Waals surface area (Å²) in [6, 6.07) is 0. The van der Waals surface area contributed by atoms with Crippen molar-refractivity contribution in [2.75, 3.05) is 13.2 Å². The molecule has 0 aromatic rings. The van der Waals surface area contributed by atoms with Crippen LogP contribution in [0.1, 0.15) is 40.0 Å². The fraction of sp³-hybridized carbons (Fsp3) is 0.909. The van der Waals surface area contributed by atoms with Gasteiger partial charge in [0.15, 0.2) is 0 Å². The van der Waals surface area contributed by atoms with Crippen molar-refractivity contribution in [3.8, 4) is 0 Å². The molecule has 0 saturated carbocycles. The molecular formula is C11H21NO3. The van der Waals surface area contributed by atoms with Crippen molar-refractivity contribution in [1.29, 1.82) is 0 Å². The zero-order valence-corrected chi connectivity index (χ0v) is 9.84. The molecule has 0 bridgehead atoms. The van der Waals surface area contributed by atoms with Gasteiger partial charge in [-0.1, -0.05) is 0 Å². The van der Waals surface area contributed by atoms with E-state index >= 15 is 0 Å². The first-order valence-corrected chi connectivity index (χ1v) is 5.56. The lowest BCUT2D eigenvalue weighted by Crippen LogP contribution is -2.33. The second-order valence-corrected chi connectivity index (χ2v) is 4.88. The number of epoxide rings is 1. The van der Waals surface area contributed by atoms with Crippen molar-refractivity contribution in [2.24, 2.45) is 0 Å². The van der Waals surface area contributed by atoms with Gasteiger partial charge < -0.3 is 14.8 Å². The second-order valence-electron chi connectivity index (χ2n) is 4.88. The molecule has 1 amide bonds. The Balaban J connectivity index is 1.91. The molecule has 1 aliphatic rings. The predicted molar refractivity (Wildman–Crippen MR) is 57.8 cm³/mol. The van der Waals surface area contributed by atoms with Crippen LogP contribution in [0.4, 0.5) is 4.79 Å². The van der Waals surface area contributed by atoms with Gasteiger partial charge in [0, 0.05) is 6.54 Å². The highest BCUT2D eigenvalue weighted by Gasteiger charge is 2.21. The number of carbonyl (C=O) groups is 1. The van der Waals surface area contributed by atoms with Gasteiger partial charge in [-0.2, -0.15) is 0 Å². The van der Waals surface area contributed by atoms with E-state index < -0.39 is 5.60 Å². The Labute approximate surface area is 91.3 Å². The fourth-order valence-electron chi connectivity index (χ4n) is 1.24. The van der Waals surface area contributed by atoms with Crippen molar-refractivity contribution in [2.45, 2.75) is 51.7 Å². The zero-order valence-electron chi connectivity index (χ0n) is 9.84. The van der Waals surface area contributed by atoms with Crippen LogP contribution in [0.2, 0.25) is 0 Å². The van der Waals surface area contributed by atoms with E-state index in [9.17, 15) is 4.79 Å². The Kier molecular flexibility index (Phi) is 4.39. The molecule has 0 aromatic heterocycles. The summed E-state index contributed by atoms with van der Waals surface area (Å²) in [5, 5.41) is 2.73. The average molecular weight is 215 g/mol. The average Bonchev–Trinajstić information content (AvgIpc) is 2.83. The molecule has 0 aliphatic carbocycles. The maximum Gasteiger partial charge on any atom is 0.407 e. The number of hydrogen-bond acceptors (Lipinski definition) is 3. The monoisotopic (exact) mass is 215 g/mol. The first kappa shape index (κ1) is 12.3.